The molecule has 0 saturated heterocycles. The molecule has 0 aliphatic rings. The number of hydrogen-bond acceptors (Lipinski definition) is 3. The van der Waals surface area contributed by atoms with Gasteiger partial charge in [-0.1, -0.05) is 23.3 Å². The SMILES string of the molecule is C=CCSc1nnc2c([nH]c3ccccc32)[nH+]1. The number of para-hydroxylation sites is 1. The van der Waals surface area contributed by atoms with Crippen LogP contribution in [0.4, 0.5) is 0 Å². The number of fused-ring (bicyclic) bond motifs is 3. The van der Waals surface area contributed by atoms with Crippen LogP contribution in [0.2, 0.25) is 0 Å². The summed E-state index contributed by atoms with van der Waals surface area (Å²) < 4.78 is 0. The molecule has 0 aliphatic carbocycles. The fourth-order valence-electron chi connectivity index (χ4n) is 1.75. The summed E-state index contributed by atoms with van der Waals surface area (Å²) in [5, 5.41) is 10.3. The van der Waals surface area contributed by atoms with Gasteiger partial charge in [0.25, 0.3) is 5.65 Å². The maximum Gasteiger partial charge on any atom is 0.321 e. The van der Waals surface area contributed by atoms with Gasteiger partial charge in [0.05, 0.1) is 0 Å². The first-order valence-electron chi connectivity index (χ1n) is 5.28. The Morgan fingerprint density at radius 2 is 2.24 bits per heavy atom. The van der Waals surface area contributed by atoms with Gasteiger partial charge in [0.2, 0.25) is 0 Å². The third-order valence-electron chi connectivity index (χ3n) is 2.49. The smallest absolute Gasteiger partial charge is 0.271 e. The van der Waals surface area contributed by atoms with Crippen LogP contribution in [0.15, 0.2) is 42.1 Å². The minimum Gasteiger partial charge on any atom is -0.271 e. The maximum atomic E-state index is 4.25. The van der Waals surface area contributed by atoms with Crippen molar-refractivity contribution in [2.75, 3.05) is 5.75 Å². The Balaban J connectivity index is 2.16. The van der Waals surface area contributed by atoms with Gasteiger partial charge in [-0.05, 0) is 23.9 Å². The van der Waals surface area contributed by atoms with E-state index in [9.17, 15) is 0 Å². The molecule has 0 aliphatic heterocycles. The lowest BCUT2D eigenvalue weighted by molar-refractivity contribution is -0.406. The van der Waals surface area contributed by atoms with Gasteiger partial charge >= 0.3 is 5.16 Å². The van der Waals surface area contributed by atoms with Crippen LogP contribution in [0, 0.1) is 0 Å². The number of H-pyrrole nitrogens is 2. The van der Waals surface area contributed by atoms with Gasteiger partial charge in [-0.3, -0.25) is 4.98 Å². The molecule has 0 fully saturated rings. The molecule has 0 unspecified atom stereocenters. The highest BCUT2D eigenvalue weighted by Crippen LogP contribution is 2.20. The van der Waals surface area contributed by atoms with Crippen molar-refractivity contribution in [2.45, 2.75) is 5.16 Å². The van der Waals surface area contributed by atoms with Crippen LogP contribution >= 0.6 is 11.8 Å². The summed E-state index contributed by atoms with van der Waals surface area (Å²) in [5.74, 6) is 0.816. The number of rotatable bonds is 3. The van der Waals surface area contributed by atoms with Crippen molar-refractivity contribution in [2.24, 2.45) is 0 Å². The summed E-state index contributed by atoms with van der Waals surface area (Å²) in [4.78, 5) is 6.53. The van der Waals surface area contributed by atoms with Gasteiger partial charge in [-0.15, -0.1) is 6.58 Å². The fourth-order valence-corrected chi connectivity index (χ4v) is 2.30. The Bertz CT molecular complexity index is 689. The van der Waals surface area contributed by atoms with Crippen molar-refractivity contribution in [3.63, 3.8) is 0 Å². The van der Waals surface area contributed by atoms with Crippen molar-refractivity contribution in [1.82, 2.24) is 15.2 Å². The van der Waals surface area contributed by atoms with Gasteiger partial charge in [0.1, 0.15) is 5.52 Å². The fraction of sp³-hybridized carbons (Fsp3) is 0.0833. The number of benzene rings is 1. The largest absolute Gasteiger partial charge is 0.321 e. The third kappa shape index (κ3) is 1.78. The summed E-state index contributed by atoms with van der Waals surface area (Å²) in [5.41, 5.74) is 2.86. The Hall–Kier alpha value is -1.88. The number of aromatic nitrogens is 4. The van der Waals surface area contributed by atoms with E-state index < -0.39 is 0 Å². The van der Waals surface area contributed by atoms with Crippen molar-refractivity contribution in [3.05, 3.63) is 36.9 Å². The monoisotopic (exact) mass is 243 g/mol. The molecule has 2 heterocycles. The van der Waals surface area contributed by atoms with Crippen molar-refractivity contribution in [1.29, 1.82) is 0 Å². The van der Waals surface area contributed by atoms with Crippen molar-refractivity contribution >= 4 is 33.8 Å². The highest BCUT2D eigenvalue weighted by atomic mass is 32.2. The molecule has 2 aromatic heterocycles. The first kappa shape index (κ1) is 10.3. The zero-order valence-electron chi connectivity index (χ0n) is 9.10. The predicted molar refractivity (Wildman–Crippen MR) is 68.9 cm³/mol. The lowest BCUT2D eigenvalue weighted by atomic mass is 10.2. The van der Waals surface area contributed by atoms with Gasteiger partial charge in [0.15, 0.2) is 5.52 Å². The highest BCUT2D eigenvalue weighted by Gasteiger charge is 2.13. The van der Waals surface area contributed by atoms with Crippen LogP contribution in [0.25, 0.3) is 22.1 Å². The molecule has 4 nitrogen and oxygen atoms in total. The molecule has 3 aromatic rings. The first-order valence-corrected chi connectivity index (χ1v) is 6.27. The minimum absolute atomic E-state index is 0.795. The van der Waals surface area contributed by atoms with E-state index in [1.807, 2.05) is 30.3 Å². The molecule has 5 heteroatoms. The van der Waals surface area contributed by atoms with Crippen molar-refractivity contribution < 1.29 is 4.98 Å². The minimum atomic E-state index is 0.795. The molecule has 84 valence electrons. The number of nitrogens with zero attached hydrogens (tertiary/aromatic N) is 2. The van der Waals surface area contributed by atoms with E-state index in [-0.39, 0.29) is 0 Å². The molecule has 3 rings (SSSR count). The average molecular weight is 243 g/mol. The zero-order valence-corrected chi connectivity index (χ0v) is 9.92. The van der Waals surface area contributed by atoms with Crippen LogP contribution < -0.4 is 4.98 Å². The number of hydrogen-bond donors (Lipinski definition) is 1. The Kier molecular flexibility index (Phi) is 2.53. The highest BCUT2D eigenvalue weighted by molar-refractivity contribution is 7.99. The summed E-state index contributed by atoms with van der Waals surface area (Å²) in [6, 6.07) is 8.06. The van der Waals surface area contributed by atoms with Crippen LogP contribution in [0.1, 0.15) is 0 Å². The topological polar surface area (TPSA) is 55.7 Å². The van der Waals surface area contributed by atoms with Crippen LogP contribution in [-0.4, -0.2) is 20.9 Å². The molecule has 0 spiro atoms. The number of aromatic amines is 2. The van der Waals surface area contributed by atoms with E-state index in [2.05, 4.69) is 26.7 Å². The summed E-state index contributed by atoms with van der Waals surface area (Å²) in [6.45, 7) is 3.68. The summed E-state index contributed by atoms with van der Waals surface area (Å²) >= 11 is 1.58. The summed E-state index contributed by atoms with van der Waals surface area (Å²) in [6.07, 6.45) is 1.84. The van der Waals surface area contributed by atoms with E-state index in [1.54, 1.807) is 11.8 Å². The lowest BCUT2D eigenvalue weighted by Gasteiger charge is -1.89. The summed E-state index contributed by atoms with van der Waals surface area (Å²) in [7, 11) is 0. The van der Waals surface area contributed by atoms with E-state index in [0.29, 0.717) is 0 Å². The van der Waals surface area contributed by atoms with E-state index >= 15 is 0 Å². The molecule has 2 N–H and O–H groups in total. The number of thioether (sulfide) groups is 1. The second-order valence-electron chi connectivity index (χ2n) is 3.62. The number of nitrogens with one attached hydrogen (secondary N) is 2. The third-order valence-corrected chi connectivity index (χ3v) is 3.35. The second-order valence-corrected chi connectivity index (χ2v) is 4.63. The van der Waals surface area contributed by atoms with Gasteiger partial charge < -0.3 is 0 Å². The molecule has 0 bridgehead atoms. The molecular weight excluding hydrogens is 232 g/mol. The lowest BCUT2D eigenvalue weighted by Crippen LogP contribution is -2.11. The first-order chi connectivity index (χ1) is 8.38. The Morgan fingerprint density at radius 3 is 3.12 bits per heavy atom. The van der Waals surface area contributed by atoms with E-state index in [1.165, 1.54) is 0 Å². The predicted octanol–water partition coefficient (Wildman–Crippen LogP) is 2.20. The van der Waals surface area contributed by atoms with Crippen LogP contribution in [-0.2, 0) is 0 Å². The van der Waals surface area contributed by atoms with Crippen molar-refractivity contribution in [3.8, 4) is 0 Å². The van der Waals surface area contributed by atoms with Crippen LogP contribution in [0.5, 0.6) is 0 Å². The Morgan fingerprint density at radius 1 is 1.35 bits per heavy atom. The van der Waals surface area contributed by atoms with Gasteiger partial charge in [-0.2, -0.15) is 0 Å². The maximum absolute atomic E-state index is 4.25. The molecular formula is C12H11N4S+. The quantitative estimate of drug-likeness (QED) is 0.566. The Labute approximate surface area is 102 Å². The molecule has 1 aromatic carbocycles. The van der Waals surface area contributed by atoms with E-state index in [4.69, 9.17) is 0 Å². The normalized spacial score (nSPS) is 11.1. The molecule has 17 heavy (non-hydrogen) atoms. The average Bonchev–Trinajstić information content (AvgIpc) is 2.74. The van der Waals surface area contributed by atoms with Gasteiger partial charge in [0, 0.05) is 16.2 Å². The molecule has 0 amide bonds. The standard InChI is InChI=1S/C12H10N4S/c1-2-7-17-12-14-11-10(15-16-12)8-5-3-4-6-9(8)13-11/h2-6H,1,7H2,(H,13,14,16)/p+1. The molecule has 0 atom stereocenters. The van der Waals surface area contributed by atoms with E-state index in [0.717, 1.165) is 33.0 Å². The van der Waals surface area contributed by atoms with Gasteiger partial charge in [-0.25, -0.2) is 4.98 Å². The zero-order chi connectivity index (χ0) is 11.7. The molecule has 0 saturated carbocycles. The second kappa shape index (κ2) is 4.18. The van der Waals surface area contributed by atoms with Crippen LogP contribution in [0.3, 0.4) is 0 Å². The molecule has 0 radical (unpaired) electrons.